The Labute approximate surface area is 141 Å². The number of nitrogens with zero attached hydrogens (tertiary/aromatic N) is 1. The van der Waals surface area contributed by atoms with Crippen molar-refractivity contribution >= 4 is 15.1 Å². The molecule has 0 aliphatic heterocycles. The molecule has 0 spiro atoms. The van der Waals surface area contributed by atoms with Crippen molar-refractivity contribution in [1.82, 2.24) is 4.90 Å². The van der Waals surface area contributed by atoms with Crippen LogP contribution in [0.4, 0.5) is 4.79 Å². The third kappa shape index (κ3) is 6.38. The van der Waals surface area contributed by atoms with Gasteiger partial charge in [0, 0.05) is 39.0 Å². The lowest BCUT2D eigenvalue weighted by molar-refractivity contribution is -0.0351. The Hall–Kier alpha value is -0.673. The molecule has 0 aromatic heterocycles. The van der Waals surface area contributed by atoms with E-state index in [1.807, 2.05) is 34.6 Å². The monoisotopic (exact) mass is 351 g/mol. The summed E-state index contributed by atoms with van der Waals surface area (Å²) in [5.41, 5.74) is -0.462. The van der Waals surface area contributed by atoms with E-state index in [0.717, 1.165) is 0 Å². The van der Waals surface area contributed by atoms with Crippen LogP contribution in [0.2, 0.25) is 0 Å². The third-order valence-corrected chi connectivity index (χ3v) is 6.61. The van der Waals surface area contributed by atoms with Gasteiger partial charge in [-0.15, -0.1) is 0 Å². The largest absolute Gasteiger partial charge is 0.679 e. The van der Waals surface area contributed by atoms with Crippen LogP contribution in [0.25, 0.3) is 0 Å². The fourth-order valence-electron chi connectivity index (χ4n) is 2.59. The zero-order chi connectivity index (χ0) is 17.9. The van der Waals surface area contributed by atoms with Crippen LogP contribution in [0.1, 0.15) is 53.9 Å². The smallest absolute Gasteiger partial charge is 0.465 e. The van der Waals surface area contributed by atoms with Crippen LogP contribution in [-0.4, -0.2) is 64.2 Å². The van der Waals surface area contributed by atoms with Crippen LogP contribution in [0.15, 0.2) is 0 Å². The van der Waals surface area contributed by atoms with Gasteiger partial charge in [-0.3, -0.25) is 0 Å². The average molecular weight is 352 g/mol. The Kier molecular flexibility index (Phi) is 10.7. The Balaban J connectivity index is 4.96. The normalized spacial score (nSPS) is 12.4. The van der Waals surface area contributed by atoms with Gasteiger partial charge < -0.3 is 27.7 Å². The second-order valence-electron chi connectivity index (χ2n) is 5.17. The molecule has 0 atom stereocenters. The standard InChI is InChI=1S/C15H33NO6Si/c1-7-15(8-2,16(6)14(17)18)12-13-22-23(19-9-3,20-10-4)21-11-5/h7-13H2,1-6H3,(H,17,18). The van der Waals surface area contributed by atoms with E-state index < -0.39 is 20.7 Å². The van der Waals surface area contributed by atoms with Crippen LogP contribution in [0, 0.1) is 0 Å². The van der Waals surface area contributed by atoms with Gasteiger partial charge in [0.25, 0.3) is 0 Å². The van der Waals surface area contributed by atoms with Crippen molar-refractivity contribution in [3.63, 3.8) is 0 Å². The van der Waals surface area contributed by atoms with Crippen molar-refractivity contribution in [3.05, 3.63) is 0 Å². The van der Waals surface area contributed by atoms with Crippen molar-refractivity contribution in [3.8, 4) is 0 Å². The van der Waals surface area contributed by atoms with Crippen molar-refractivity contribution in [1.29, 1.82) is 0 Å². The Morgan fingerprint density at radius 1 is 0.957 bits per heavy atom. The fourth-order valence-corrected chi connectivity index (χ4v) is 4.51. The highest BCUT2D eigenvalue weighted by molar-refractivity contribution is 6.53. The highest BCUT2D eigenvalue weighted by Crippen LogP contribution is 2.28. The van der Waals surface area contributed by atoms with Gasteiger partial charge in [-0.05, 0) is 40.0 Å². The molecule has 1 N–H and O–H groups in total. The molecule has 0 aromatic rings. The minimum Gasteiger partial charge on any atom is -0.465 e. The van der Waals surface area contributed by atoms with E-state index >= 15 is 0 Å². The van der Waals surface area contributed by atoms with Gasteiger partial charge in [-0.25, -0.2) is 4.79 Å². The summed E-state index contributed by atoms with van der Waals surface area (Å²) in [6.07, 6.45) is 1.05. The number of hydrogen-bond donors (Lipinski definition) is 1. The average Bonchev–Trinajstić information content (AvgIpc) is 2.52. The molecule has 0 aliphatic carbocycles. The van der Waals surface area contributed by atoms with Crippen molar-refractivity contribution in [2.45, 2.75) is 59.4 Å². The summed E-state index contributed by atoms with van der Waals surface area (Å²) < 4.78 is 22.8. The minimum atomic E-state index is -3.15. The molecular weight excluding hydrogens is 318 g/mol. The molecule has 0 aliphatic rings. The van der Waals surface area contributed by atoms with Crippen molar-refractivity contribution < 1.29 is 27.6 Å². The molecule has 0 aromatic carbocycles. The van der Waals surface area contributed by atoms with Crippen LogP contribution < -0.4 is 0 Å². The number of rotatable bonds is 13. The molecule has 8 heteroatoms. The Morgan fingerprint density at radius 3 is 1.70 bits per heavy atom. The van der Waals surface area contributed by atoms with Gasteiger partial charge in [-0.2, -0.15) is 0 Å². The van der Waals surface area contributed by atoms with Gasteiger partial charge in [-0.1, -0.05) is 13.8 Å². The fraction of sp³-hybridized carbons (Fsp3) is 0.933. The lowest BCUT2D eigenvalue weighted by Crippen LogP contribution is -2.52. The molecule has 0 bridgehead atoms. The number of hydrogen-bond acceptors (Lipinski definition) is 5. The molecule has 0 heterocycles. The highest BCUT2D eigenvalue weighted by Gasteiger charge is 2.45. The summed E-state index contributed by atoms with van der Waals surface area (Å²) in [6.45, 7) is 11.2. The summed E-state index contributed by atoms with van der Waals surface area (Å²) in [5, 5.41) is 9.31. The number of amides is 1. The lowest BCUT2D eigenvalue weighted by Gasteiger charge is -2.39. The molecular formula is C15H33NO6Si. The van der Waals surface area contributed by atoms with Crippen LogP contribution in [0.5, 0.6) is 0 Å². The summed E-state index contributed by atoms with van der Waals surface area (Å²) in [7, 11) is -1.54. The van der Waals surface area contributed by atoms with E-state index in [0.29, 0.717) is 45.7 Å². The molecule has 0 rings (SSSR count). The predicted molar refractivity (Wildman–Crippen MR) is 90.3 cm³/mol. The zero-order valence-corrected chi connectivity index (χ0v) is 16.4. The maximum atomic E-state index is 11.4. The van der Waals surface area contributed by atoms with Gasteiger partial charge in [0.2, 0.25) is 0 Å². The van der Waals surface area contributed by atoms with Gasteiger partial charge in [0.15, 0.2) is 0 Å². The molecule has 0 saturated heterocycles. The first-order valence-corrected chi connectivity index (χ1v) is 10.0. The SMILES string of the molecule is CCO[Si](OCC)(OCC)OCCC(CC)(CC)N(C)C(=O)O. The summed E-state index contributed by atoms with van der Waals surface area (Å²) >= 11 is 0. The van der Waals surface area contributed by atoms with E-state index in [-0.39, 0.29) is 0 Å². The molecule has 138 valence electrons. The topological polar surface area (TPSA) is 77.5 Å². The summed E-state index contributed by atoms with van der Waals surface area (Å²) in [6, 6.07) is 0. The third-order valence-electron chi connectivity index (χ3n) is 4.12. The van der Waals surface area contributed by atoms with E-state index in [4.69, 9.17) is 17.7 Å². The maximum absolute atomic E-state index is 11.4. The van der Waals surface area contributed by atoms with E-state index in [9.17, 15) is 9.90 Å². The highest BCUT2D eigenvalue weighted by atomic mass is 28.4. The molecule has 0 saturated carbocycles. The van der Waals surface area contributed by atoms with Crippen molar-refractivity contribution in [2.75, 3.05) is 33.5 Å². The number of carbonyl (C=O) groups is 1. The summed E-state index contributed by atoms with van der Waals surface area (Å²) in [4.78, 5) is 12.7. The van der Waals surface area contributed by atoms with Crippen LogP contribution >= 0.6 is 0 Å². The Bertz CT molecular complexity index is 321. The first-order chi connectivity index (χ1) is 10.9. The summed E-state index contributed by atoms with van der Waals surface area (Å²) in [5.74, 6) is 0. The molecule has 0 fully saturated rings. The van der Waals surface area contributed by atoms with Crippen molar-refractivity contribution in [2.24, 2.45) is 0 Å². The van der Waals surface area contributed by atoms with Crippen LogP contribution in [-0.2, 0) is 17.7 Å². The molecule has 7 nitrogen and oxygen atoms in total. The number of carboxylic acid groups (broad SMARTS) is 1. The minimum absolute atomic E-state index is 0.325. The van der Waals surface area contributed by atoms with E-state index in [2.05, 4.69) is 0 Å². The van der Waals surface area contributed by atoms with Gasteiger partial charge >= 0.3 is 15.1 Å². The molecule has 23 heavy (non-hydrogen) atoms. The van der Waals surface area contributed by atoms with E-state index in [1.54, 1.807) is 7.05 Å². The Morgan fingerprint density at radius 2 is 1.39 bits per heavy atom. The maximum Gasteiger partial charge on any atom is 0.679 e. The zero-order valence-electron chi connectivity index (χ0n) is 15.4. The molecule has 1 amide bonds. The second-order valence-corrected chi connectivity index (χ2v) is 7.33. The van der Waals surface area contributed by atoms with Gasteiger partial charge in [0.05, 0.1) is 0 Å². The molecule has 0 unspecified atom stereocenters. The van der Waals surface area contributed by atoms with Gasteiger partial charge in [0.1, 0.15) is 0 Å². The lowest BCUT2D eigenvalue weighted by atomic mass is 9.88. The molecule has 0 radical (unpaired) electrons. The second kappa shape index (κ2) is 11.0. The first-order valence-electron chi connectivity index (χ1n) is 8.39. The predicted octanol–water partition coefficient (Wildman–Crippen LogP) is 3.11. The van der Waals surface area contributed by atoms with E-state index in [1.165, 1.54) is 4.90 Å². The quantitative estimate of drug-likeness (QED) is 0.514. The van der Waals surface area contributed by atoms with Crippen LogP contribution in [0.3, 0.4) is 0 Å². The first kappa shape index (κ1) is 22.3.